The topological polar surface area (TPSA) is 87.2 Å². The van der Waals surface area contributed by atoms with Gasteiger partial charge in [-0.05, 0) is 19.9 Å². The smallest absolute Gasteiger partial charge is 0.270 e. The fourth-order valence-corrected chi connectivity index (χ4v) is 1.20. The highest BCUT2D eigenvalue weighted by Crippen LogP contribution is 2.33. The highest BCUT2D eigenvalue weighted by atomic mass is 16.6. The van der Waals surface area contributed by atoms with Gasteiger partial charge in [0, 0.05) is 17.7 Å². The summed E-state index contributed by atoms with van der Waals surface area (Å²) in [6.45, 7) is 3.18. The zero-order chi connectivity index (χ0) is 11.6. The molecule has 0 aliphatic heterocycles. The molecule has 0 heterocycles. The molecule has 0 saturated heterocycles. The molecule has 0 atom stereocenters. The van der Waals surface area contributed by atoms with E-state index in [1.807, 2.05) is 6.07 Å². The van der Waals surface area contributed by atoms with Gasteiger partial charge in [-0.25, -0.2) is 0 Å². The molecule has 0 fully saturated rings. The minimum absolute atomic E-state index is 0.104. The third-order valence-electron chi connectivity index (χ3n) is 2.14. The molecule has 0 aliphatic rings. The van der Waals surface area contributed by atoms with Crippen molar-refractivity contribution >= 4 is 5.69 Å². The van der Waals surface area contributed by atoms with E-state index in [4.69, 9.17) is 5.26 Å². The number of hydrogen-bond donors (Lipinski definition) is 1. The van der Waals surface area contributed by atoms with Gasteiger partial charge >= 0.3 is 0 Å². The molecule has 1 rings (SSSR count). The summed E-state index contributed by atoms with van der Waals surface area (Å²) < 4.78 is 0. The lowest BCUT2D eigenvalue weighted by Gasteiger charge is -2.16. The van der Waals surface area contributed by atoms with Crippen LogP contribution >= 0.6 is 0 Å². The Labute approximate surface area is 86.7 Å². The van der Waals surface area contributed by atoms with E-state index in [0.29, 0.717) is 0 Å². The van der Waals surface area contributed by atoms with Crippen LogP contribution in [0.3, 0.4) is 0 Å². The maximum absolute atomic E-state index is 10.5. The highest BCUT2D eigenvalue weighted by Gasteiger charge is 2.25. The molecular formula is C10H10N2O3. The van der Waals surface area contributed by atoms with E-state index in [-0.39, 0.29) is 17.0 Å². The molecule has 15 heavy (non-hydrogen) atoms. The fraction of sp³-hybridized carbons (Fsp3) is 0.300. The Balaban J connectivity index is 3.36. The van der Waals surface area contributed by atoms with Crippen LogP contribution in [0.15, 0.2) is 18.2 Å². The van der Waals surface area contributed by atoms with Crippen LogP contribution in [0.25, 0.3) is 0 Å². The van der Waals surface area contributed by atoms with Gasteiger partial charge in [0.05, 0.1) is 16.4 Å². The van der Waals surface area contributed by atoms with Gasteiger partial charge in [0.15, 0.2) is 0 Å². The number of non-ortho nitro benzene ring substituents is 1. The number of nitriles is 1. The molecule has 5 heteroatoms. The van der Waals surface area contributed by atoms with Crippen LogP contribution in [0.5, 0.6) is 5.75 Å². The molecule has 0 radical (unpaired) electrons. The van der Waals surface area contributed by atoms with Crippen LogP contribution in [0.4, 0.5) is 5.69 Å². The van der Waals surface area contributed by atoms with Gasteiger partial charge in [-0.15, -0.1) is 0 Å². The third-order valence-corrected chi connectivity index (χ3v) is 2.14. The van der Waals surface area contributed by atoms with Crippen molar-refractivity contribution in [2.24, 2.45) is 0 Å². The van der Waals surface area contributed by atoms with Crippen LogP contribution < -0.4 is 0 Å². The zero-order valence-corrected chi connectivity index (χ0v) is 8.39. The van der Waals surface area contributed by atoms with Gasteiger partial charge in [0.25, 0.3) is 5.69 Å². The van der Waals surface area contributed by atoms with Gasteiger partial charge < -0.3 is 5.11 Å². The largest absolute Gasteiger partial charge is 0.508 e. The maximum Gasteiger partial charge on any atom is 0.270 e. The van der Waals surface area contributed by atoms with Crippen molar-refractivity contribution in [1.29, 1.82) is 5.26 Å². The van der Waals surface area contributed by atoms with Crippen LogP contribution in [0.2, 0.25) is 0 Å². The summed E-state index contributed by atoms with van der Waals surface area (Å²) in [6.07, 6.45) is 0. The Hall–Kier alpha value is -2.09. The predicted molar refractivity (Wildman–Crippen MR) is 53.4 cm³/mol. The highest BCUT2D eigenvalue weighted by molar-refractivity contribution is 5.48. The molecule has 1 N–H and O–H groups in total. The number of aromatic hydroxyl groups is 1. The van der Waals surface area contributed by atoms with Crippen molar-refractivity contribution in [3.63, 3.8) is 0 Å². The predicted octanol–water partition coefficient (Wildman–Crippen LogP) is 2.10. The van der Waals surface area contributed by atoms with E-state index >= 15 is 0 Å². The van der Waals surface area contributed by atoms with Gasteiger partial charge in [-0.2, -0.15) is 5.26 Å². The number of phenols is 1. The number of nitro groups is 1. The van der Waals surface area contributed by atoms with Crippen LogP contribution in [-0.2, 0) is 5.41 Å². The second-order valence-electron chi connectivity index (χ2n) is 3.70. The molecule has 0 bridgehead atoms. The summed E-state index contributed by atoms with van der Waals surface area (Å²) in [5.74, 6) is -0.104. The van der Waals surface area contributed by atoms with E-state index in [9.17, 15) is 15.2 Å². The molecule has 0 saturated carbocycles. The molecule has 0 unspecified atom stereocenters. The van der Waals surface area contributed by atoms with Gasteiger partial charge in [-0.3, -0.25) is 10.1 Å². The van der Waals surface area contributed by atoms with Crippen molar-refractivity contribution in [3.05, 3.63) is 33.9 Å². The van der Waals surface area contributed by atoms with Crippen molar-refractivity contribution in [3.8, 4) is 11.8 Å². The molecule has 0 amide bonds. The Morgan fingerprint density at radius 2 is 2.13 bits per heavy atom. The van der Waals surface area contributed by atoms with Crippen LogP contribution in [-0.4, -0.2) is 10.0 Å². The second kappa shape index (κ2) is 3.58. The van der Waals surface area contributed by atoms with Gasteiger partial charge in [0.2, 0.25) is 0 Å². The number of benzene rings is 1. The first kappa shape index (κ1) is 11.0. The number of phenolic OH excluding ortho intramolecular Hbond substituents is 1. The lowest BCUT2D eigenvalue weighted by atomic mass is 9.85. The van der Waals surface area contributed by atoms with Crippen molar-refractivity contribution in [2.45, 2.75) is 19.3 Å². The van der Waals surface area contributed by atoms with E-state index in [0.717, 1.165) is 0 Å². The lowest BCUT2D eigenvalue weighted by Crippen LogP contribution is -2.14. The fourth-order valence-electron chi connectivity index (χ4n) is 1.20. The summed E-state index contributed by atoms with van der Waals surface area (Å²) in [5, 5.41) is 28.9. The molecule has 0 spiro atoms. The van der Waals surface area contributed by atoms with Crippen molar-refractivity contribution < 1.29 is 10.0 Å². The summed E-state index contributed by atoms with van der Waals surface area (Å²) in [7, 11) is 0. The lowest BCUT2D eigenvalue weighted by molar-refractivity contribution is -0.385. The average Bonchev–Trinajstić information content (AvgIpc) is 2.17. The molecule has 0 aliphatic carbocycles. The Bertz CT molecular complexity index is 446. The molecular weight excluding hydrogens is 196 g/mol. The van der Waals surface area contributed by atoms with E-state index in [1.54, 1.807) is 13.8 Å². The molecule has 0 aromatic heterocycles. The summed E-state index contributed by atoms with van der Waals surface area (Å²) in [6, 6.07) is 5.63. The van der Waals surface area contributed by atoms with E-state index in [2.05, 4.69) is 0 Å². The van der Waals surface area contributed by atoms with Crippen LogP contribution in [0.1, 0.15) is 19.4 Å². The normalized spacial score (nSPS) is 10.7. The number of hydrogen-bond acceptors (Lipinski definition) is 4. The summed E-state index contributed by atoms with van der Waals surface area (Å²) in [5.41, 5.74) is -0.818. The minimum atomic E-state index is -0.948. The Morgan fingerprint density at radius 1 is 1.53 bits per heavy atom. The first-order valence-corrected chi connectivity index (χ1v) is 4.27. The molecule has 1 aromatic rings. The van der Waals surface area contributed by atoms with E-state index < -0.39 is 10.3 Å². The van der Waals surface area contributed by atoms with Crippen LogP contribution in [0, 0.1) is 21.4 Å². The first-order valence-electron chi connectivity index (χ1n) is 4.27. The minimum Gasteiger partial charge on any atom is -0.508 e. The summed E-state index contributed by atoms with van der Waals surface area (Å²) >= 11 is 0. The number of nitrogens with zero attached hydrogens (tertiary/aromatic N) is 2. The van der Waals surface area contributed by atoms with Crippen molar-refractivity contribution in [1.82, 2.24) is 0 Å². The third kappa shape index (κ3) is 2.05. The molecule has 5 nitrogen and oxygen atoms in total. The first-order chi connectivity index (χ1) is 6.88. The van der Waals surface area contributed by atoms with Crippen molar-refractivity contribution in [2.75, 3.05) is 0 Å². The Morgan fingerprint density at radius 3 is 2.60 bits per heavy atom. The van der Waals surface area contributed by atoms with Gasteiger partial charge in [0.1, 0.15) is 5.75 Å². The summed E-state index contributed by atoms with van der Waals surface area (Å²) in [4.78, 5) is 9.96. The molecule has 78 valence electrons. The Kier molecular flexibility index (Phi) is 2.62. The average molecular weight is 206 g/mol. The second-order valence-corrected chi connectivity index (χ2v) is 3.70. The number of nitro benzene ring substituents is 1. The standard InChI is InChI=1S/C10H10N2O3/c1-10(2,6-11)8-5-7(12(14)15)3-4-9(8)13/h3-5,13H,1-2H3. The monoisotopic (exact) mass is 206 g/mol. The van der Waals surface area contributed by atoms with E-state index in [1.165, 1.54) is 18.2 Å². The number of rotatable bonds is 2. The molecule has 1 aromatic carbocycles. The zero-order valence-electron chi connectivity index (χ0n) is 8.39. The quantitative estimate of drug-likeness (QED) is 0.592. The van der Waals surface area contributed by atoms with Gasteiger partial charge in [-0.1, -0.05) is 0 Å². The maximum atomic E-state index is 10.5. The SMILES string of the molecule is CC(C)(C#N)c1cc([N+](=O)[O-])ccc1O.